The number of carboxylic acid groups (broad SMARTS) is 2. The van der Waals surface area contributed by atoms with Crippen LogP contribution in [-0.2, 0) is 38.5 Å². The molecule has 0 saturated heterocycles. The van der Waals surface area contributed by atoms with Gasteiger partial charge in [-0.1, -0.05) is 206 Å². The fourth-order valence-corrected chi connectivity index (χ4v) is 24.9. The van der Waals surface area contributed by atoms with Crippen molar-refractivity contribution in [3.63, 3.8) is 0 Å². The maximum atomic E-state index is 11.9. The fraction of sp³-hybridized carbons (Fsp3) is 0.571. The van der Waals surface area contributed by atoms with Crippen LogP contribution < -0.4 is 18.9 Å². The van der Waals surface area contributed by atoms with Crippen LogP contribution in [0.25, 0.3) is 0 Å². The monoisotopic (exact) mass is 1950 g/mol. The molecule has 16 rings (SSSR count). The highest BCUT2D eigenvalue weighted by Crippen LogP contribution is 2.60. The number of carboxylic acids is 2. The van der Waals surface area contributed by atoms with E-state index in [1.165, 1.54) is 108 Å². The van der Waals surface area contributed by atoms with Crippen LogP contribution in [0, 0.1) is 35.5 Å². The molecule has 12 atom stereocenters. The van der Waals surface area contributed by atoms with Crippen LogP contribution in [0.3, 0.4) is 0 Å². The average molecular weight is 1950 g/mol. The van der Waals surface area contributed by atoms with Crippen LogP contribution in [0.2, 0.25) is 0 Å². The predicted molar refractivity (Wildman–Crippen MR) is 580 cm³/mol. The topological polar surface area (TPSA) is 273 Å². The minimum atomic E-state index is -1.15. The van der Waals surface area contributed by atoms with E-state index in [0.29, 0.717) is 87.3 Å². The number of benzene rings is 6. The lowest BCUT2D eigenvalue weighted by Crippen LogP contribution is -2.45. The Labute approximate surface area is 852 Å². The van der Waals surface area contributed by atoms with Gasteiger partial charge in [0.05, 0.1) is 0 Å². The number of allylic oxidation sites excluding steroid dienone is 14. The van der Waals surface area contributed by atoms with Gasteiger partial charge in [-0.25, -0.2) is 9.59 Å². The Kier molecular flexibility index (Phi) is 38.8. The number of phenols is 8. The lowest BCUT2D eigenvalue weighted by molar-refractivity contribution is 0.00742. The zero-order valence-corrected chi connectivity index (χ0v) is 90.5. The first-order valence-corrected chi connectivity index (χ1v) is 54.4. The number of hydrogen-bond donors (Lipinski definition) is 10. The van der Waals surface area contributed by atoms with Gasteiger partial charge in [0, 0.05) is 92.6 Å². The van der Waals surface area contributed by atoms with Crippen molar-refractivity contribution in [2.75, 3.05) is 0 Å². The highest BCUT2D eigenvalue weighted by molar-refractivity contribution is 5.95. The molecule has 16 nitrogen and oxygen atoms in total. The van der Waals surface area contributed by atoms with Gasteiger partial charge in [0.1, 0.15) is 103 Å². The number of aromatic hydroxyl groups is 8. The van der Waals surface area contributed by atoms with Crippen LogP contribution in [0.1, 0.15) is 455 Å². The van der Waals surface area contributed by atoms with Gasteiger partial charge in [-0.15, -0.1) is 0 Å². The average Bonchev–Trinajstić information content (AvgIpc) is 0.749. The second-order valence-electron chi connectivity index (χ2n) is 45.8. The SMILES string of the molecule is C=C(C)[C@@H]1CCC(C)=CC1c1c(O)cc(CCCCC)c(C(=O)O)c1O.C=C(C)[C@@H]1CCC(C)=CC1c1c(O)cc(CCCCC)cc1O.CCCCCc1cc(O)c2c(c1)OC(C)(C)C1CC=C(C)CC21.CCCCCc1cc(O)c2c(c1)OC(C)(C)C1CCC(C)=CC21.CCCCCc1cc2c(c(O)c1C(=O)O)C1C=C(C)CCC1C(C)(C)O2.CCCc1cc(O)c2c(c1)OC(C)(C)C1CCC(C)=CC21. The predicted octanol–water partition coefficient (Wildman–Crippen LogP) is 33.3. The third-order valence-corrected chi connectivity index (χ3v) is 32.6. The fourth-order valence-electron chi connectivity index (χ4n) is 24.9. The van der Waals surface area contributed by atoms with Crippen LogP contribution in [0.5, 0.6) is 69.0 Å². The summed E-state index contributed by atoms with van der Waals surface area (Å²) < 4.78 is 25.3. The minimum absolute atomic E-state index is 0.00490. The summed E-state index contributed by atoms with van der Waals surface area (Å²) in [6.07, 6.45) is 48.7. The zero-order chi connectivity index (χ0) is 104. The zero-order valence-electron chi connectivity index (χ0n) is 90.5. The molecule has 16 heteroatoms. The summed E-state index contributed by atoms with van der Waals surface area (Å²) in [5.41, 5.74) is 19.7. The van der Waals surface area contributed by atoms with Crippen molar-refractivity contribution < 1.29 is 79.6 Å². The molecule has 0 aromatic heterocycles. The van der Waals surface area contributed by atoms with Crippen molar-refractivity contribution in [3.05, 3.63) is 233 Å². The van der Waals surface area contributed by atoms with Gasteiger partial charge in [-0.2, -0.15) is 0 Å². The molecule has 6 aliphatic carbocycles. The first-order chi connectivity index (χ1) is 67.2. The second-order valence-corrected chi connectivity index (χ2v) is 45.8. The smallest absolute Gasteiger partial charge is 0.339 e. The van der Waals surface area contributed by atoms with E-state index in [4.69, 9.17) is 18.9 Å². The van der Waals surface area contributed by atoms with E-state index in [-0.39, 0.29) is 110 Å². The number of ether oxygens (including phenoxy) is 4. The molecule has 0 amide bonds. The first-order valence-electron chi connectivity index (χ1n) is 54.4. The van der Waals surface area contributed by atoms with E-state index < -0.39 is 11.9 Å². The number of aromatic carboxylic acids is 2. The van der Waals surface area contributed by atoms with Crippen molar-refractivity contribution >= 4 is 11.9 Å². The lowest BCUT2D eigenvalue weighted by atomic mass is 9.67. The Morgan fingerprint density at radius 2 is 0.613 bits per heavy atom. The van der Waals surface area contributed by atoms with Crippen LogP contribution >= 0.6 is 0 Å². The summed E-state index contributed by atoms with van der Waals surface area (Å²) in [7, 11) is 0. The molecule has 0 spiro atoms. The Bertz CT molecular complexity index is 5620. The third kappa shape index (κ3) is 26.7. The molecule has 0 bridgehead atoms. The van der Waals surface area contributed by atoms with E-state index in [1.54, 1.807) is 0 Å². The van der Waals surface area contributed by atoms with Crippen molar-refractivity contribution in [2.45, 2.75) is 429 Å². The van der Waals surface area contributed by atoms with Gasteiger partial charge in [0.15, 0.2) is 0 Å². The third-order valence-electron chi connectivity index (χ3n) is 32.6. The number of rotatable bonds is 28. The second kappa shape index (κ2) is 49.1. The highest BCUT2D eigenvalue weighted by Gasteiger charge is 2.51. The van der Waals surface area contributed by atoms with E-state index >= 15 is 0 Å². The summed E-state index contributed by atoms with van der Waals surface area (Å²) in [6, 6.07) is 19.4. The lowest BCUT2D eigenvalue weighted by Gasteiger charge is -2.47. The molecule has 6 aromatic carbocycles. The standard InChI is InChI=1S/2C22H30O4.3C21H30O2.C19H26O2/c1-5-6-7-8-14-12-17-19(20(23)18(14)21(24)25)15-11-13(2)9-10-16(15)22(3,4)26-17;1-5-6-7-8-15-12-18(23)20(21(24)19(15)22(25)26)17-11-14(4)9-10-16(17)13(2)3;2*1-5-6-7-8-15-12-18(22)20-16-11-14(2)9-10-17(16)21(3,4)23-19(20)13-15;1-5-6-7-8-16-12-19(22)21(20(23)13-16)18-11-15(4)9-10-17(18)14(2)3;1-5-6-13-10-16(20)18-14-9-12(2)7-8-15(14)19(3,4)21-17(18)11-13/h11-12,15-16,23H,5-10H2,1-4H3,(H,24,25);11-12,16-17,23-24H,2,5-10H2,1,3-4H3,(H,25,26);11-13,16-17,22H,5-10H2,1-4H3;9,12-13,16-17,22H,5-8,10-11H2,1-4H3;11-13,17-18,22-23H,2,5-10H2,1,3-4H3;9-11,14-15,20H,5-8H2,1-4H3/t;16-,17?;;;17-,18?;/m.0..0./s1. The Morgan fingerprint density at radius 3 is 0.979 bits per heavy atom. The van der Waals surface area contributed by atoms with Gasteiger partial charge >= 0.3 is 11.9 Å². The summed E-state index contributed by atoms with van der Waals surface area (Å²) in [4.78, 5) is 23.7. The van der Waals surface area contributed by atoms with Crippen LogP contribution in [0.4, 0.5) is 0 Å². The molecule has 10 aliphatic rings. The molecule has 10 unspecified atom stereocenters. The summed E-state index contributed by atoms with van der Waals surface area (Å²) in [5.74, 6) is 5.04. The molecule has 0 saturated carbocycles. The van der Waals surface area contributed by atoms with E-state index in [0.717, 1.165) is 205 Å². The number of hydrogen-bond acceptors (Lipinski definition) is 14. The van der Waals surface area contributed by atoms with Crippen molar-refractivity contribution in [1.82, 2.24) is 0 Å². The first kappa shape index (κ1) is 112. The molecule has 776 valence electrons. The number of carbonyl (C=O) groups is 2. The summed E-state index contributed by atoms with van der Waals surface area (Å²) in [6.45, 7) is 55.3. The van der Waals surface area contributed by atoms with Crippen LogP contribution in [0.15, 0.2) is 155 Å². The van der Waals surface area contributed by atoms with Gasteiger partial charge in [-0.05, 0) is 364 Å². The van der Waals surface area contributed by atoms with Gasteiger partial charge in [-0.3, -0.25) is 0 Å². The minimum Gasteiger partial charge on any atom is -0.508 e. The van der Waals surface area contributed by atoms with Crippen molar-refractivity contribution in [3.8, 4) is 69.0 Å². The number of unbranched alkanes of at least 4 members (excludes halogenated alkanes) is 10. The maximum Gasteiger partial charge on any atom is 0.339 e. The Hall–Kier alpha value is -10.2. The molecule has 6 aromatic rings. The molecular formula is C126H176O16. The number of fused-ring (bicyclic) bond motifs is 12. The van der Waals surface area contributed by atoms with E-state index in [1.807, 2.05) is 63.2 Å². The number of phenolic OH excluding ortho intramolecular Hbond substituents is 6. The molecular weight excluding hydrogens is 1770 g/mol. The molecule has 142 heavy (non-hydrogen) atoms. The summed E-state index contributed by atoms with van der Waals surface area (Å²) >= 11 is 0. The van der Waals surface area contributed by atoms with Crippen LogP contribution in [-0.4, -0.2) is 85.4 Å². The van der Waals surface area contributed by atoms with Crippen molar-refractivity contribution in [2.24, 2.45) is 35.5 Å². The maximum absolute atomic E-state index is 11.9. The molecule has 10 N–H and O–H groups in total. The largest absolute Gasteiger partial charge is 0.508 e. The molecule has 4 aliphatic heterocycles. The van der Waals surface area contributed by atoms with E-state index in [9.17, 15) is 60.7 Å². The van der Waals surface area contributed by atoms with Gasteiger partial charge in [0.2, 0.25) is 0 Å². The molecule has 4 heterocycles. The van der Waals surface area contributed by atoms with Gasteiger partial charge in [0.25, 0.3) is 0 Å². The Balaban J connectivity index is 0.000000163. The van der Waals surface area contributed by atoms with Crippen molar-refractivity contribution in [1.29, 1.82) is 0 Å². The molecule has 0 radical (unpaired) electrons. The number of aryl methyl sites for hydroxylation is 6. The Morgan fingerprint density at radius 1 is 0.324 bits per heavy atom. The highest BCUT2D eigenvalue weighted by atomic mass is 16.5. The quantitative estimate of drug-likeness (QED) is 0.0162. The summed E-state index contributed by atoms with van der Waals surface area (Å²) in [5, 5.41) is 105. The molecule has 0 fully saturated rings. The van der Waals surface area contributed by atoms with Gasteiger partial charge < -0.3 is 70.0 Å². The normalized spacial score (nSPS) is 23.4. The van der Waals surface area contributed by atoms with E-state index in [2.05, 4.69) is 193 Å².